The van der Waals surface area contributed by atoms with Gasteiger partial charge in [-0.25, -0.2) is 4.98 Å². The summed E-state index contributed by atoms with van der Waals surface area (Å²) in [6, 6.07) is 0. The molecule has 1 fully saturated rings. The Morgan fingerprint density at radius 2 is 2.17 bits per heavy atom. The van der Waals surface area contributed by atoms with Gasteiger partial charge in [0.05, 0.1) is 16.5 Å². The largest absolute Gasteiger partial charge is 0.364 e. The molecule has 2 rings (SSSR count). The molecule has 0 aliphatic carbocycles. The fourth-order valence-electron chi connectivity index (χ4n) is 2.43. The first-order valence-electron chi connectivity index (χ1n) is 7.71. The van der Waals surface area contributed by atoms with Gasteiger partial charge in [0.2, 0.25) is 5.91 Å². The quantitative estimate of drug-likeness (QED) is 0.754. The maximum absolute atomic E-state index is 12.3. The number of amides is 1. The topological polar surface area (TPSA) is 39.7 Å². The van der Waals surface area contributed by atoms with Crippen molar-refractivity contribution in [1.29, 1.82) is 0 Å². The molecule has 1 aromatic rings. The molecule has 2 heterocycles. The Morgan fingerprint density at radius 3 is 2.83 bits per heavy atom. The second-order valence-corrected chi connectivity index (χ2v) is 8.49. The standard InChI is InChI=1S/C15H24N4OS3/c1-12-16-13(10-22-12)9-18-5-4-6-19(8-7-18)14(20)11-23-15(21)17(2)3/h10H,4-9,11H2,1-3H3. The van der Waals surface area contributed by atoms with Gasteiger partial charge in [-0.3, -0.25) is 9.69 Å². The minimum atomic E-state index is 0.186. The van der Waals surface area contributed by atoms with Crippen molar-refractivity contribution in [2.45, 2.75) is 19.9 Å². The van der Waals surface area contributed by atoms with Gasteiger partial charge in [0.15, 0.2) is 0 Å². The molecule has 23 heavy (non-hydrogen) atoms. The molecule has 0 spiro atoms. The number of rotatable bonds is 4. The first kappa shape index (κ1) is 18.6. The lowest BCUT2D eigenvalue weighted by Crippen LogP contribution is -2.36. The average molecular weight is 373 g/mol. The van der Waals surface area contributed by atoms with Crippen LogP contribution >= 0.6 is 35.3 Å². The van der Waals surface area contributed by atoms with E-state index < -0.39 is 0 Å². The SMILES string of the molecule is Cc1nc(CN2CCCN(C(=O)CSC(=S)N(C)C)CC2)cs1. The van der Waals surface area contributed by atoms with Crippen molar-refractivity contribution in [3.8, 4) is 0 Å². The van der Waals surface area contributed by atoms with Crippen molar-refractivity contribution >= 4 is 45.5 Å². The first-order chi connectivity index (χ1) is 11.0. The van der Waals surface area contributed by atoms with Gasteiger partial charge >= 0.3 is 0 Å². The van der Waals surface area contributed by atoms with Crippen LogP contribution in [0.5, 0.6) is 0 Å². The van der Waals surface area contributed by atoms with Crippen LogP contribution in [0.2, 0.25) is 0 Å². The third-order valence-corrected chi connectivity index (χ3v) is 6.22. The number of carbonyl (C=O) groups is 1. The molecule has 1 aliphatic heterocycles. The number of thiazole rings is 1. The average Bonchev–Trinajstić information content (AvgIpc) is 2.78. The molecule has 0 saturated carbocycles. The van der Waals surface area contributed by atoms with Gasteiger partial charge < -0.3 is 9.80 Å². The summed E-state index contributed by atoms with van der Waals surface area (Å²) in [7, 11) is 3.81. The molecule has 8 heteroatoms. The lowest BCUT2D eigenvalue weighted by Gasteiger charge is -2.22. The molecule has 0 unspecified atom stereocenters. The Balaban J connectivity index is 1.78. The van der Waals surface area contributed by atoms with Crippen LogP contribution < -0.4 is 0 Å². The molecule has 0 bridgehead atoms. The molecule has 5 nitrogen and oxygen atoms in total. The number of hydrogen-bond donors (Lipinski definition) is 0. The van der Waals surface area contributed by atoms with Gasteiger partial charge in [0.1, 0.15) is 4.32 Å². The number of thioether (sulfide) groups is 1. The summed E-state index contributed by atoms with van der Waals surface area (Å²) < 4.78 is 0.758. The highest BCUT2D eigenvalue weighted by Gasteiger charge is 2.20. The van der Waals surface area contributed by atoms with E-state index in [0.717, 1.165) is 54.2 Å². The molecule has 1 aromatic heterocycles. The zero-order valence-corrected chi connectivity index (χ0v) is 16.4. The monoisotopic (exact) mass is 372 g/mol. The van der Waals surface area contributed by atoms with Gasteiger partial charge in [0, 0.05) is 52.2 Å². The molecule has 0 atom stereocenters. The molecule has 1 amide bonds. The zero-order valence-electron chi connectivity index (χ0n) is 13.9. The molecule has 1 saturated heterocycles. The van der Waals surface area contributed by atoms with Crippen molar-refractivity contribution in [2.24, 2.45) is 0 Å². The summed E-state index contributed by atoms with van der Waals surface area (Å²) >= 11 is 8.36. The predicted molar refractivity (Wildman–Crippen MR) is 102 cm³/mol. The highest BCUT2D eigenvalue weighted by molar-refractivity contribution is 8.23. The summed E-state index contributed by atoms with van der Waals surface area (Å²) in [5, 5.41) is 3.24. The molecular formula is C15H24N4OS3. The number of hydrogen-bond acceptors (Lipinski definition) is 6. The number of aromatic nitrogens is 1. The normalized spacial score (nSPS) is 16.2. The molecule has 128 valence electrons. The van der Waals surface area contributed by atoms with Crippen LogP contribution in [0.4, 0.5) is 0 Å². The van der Waals surface area contributed by atoms with E-state index in [2.05, 4.69) is 15.3 Å². The second kappa shape index (κ2) is 8.96. The van der Waals surface area contributed by atoms with Crippen LogP contribution in [0.1, 0.15) is 17.1 Å². The van der Waals surface area contributed by atoms with Crippen molar-refractivity contribution in [2.75, 3.05) is 46.0 Å². The third kappa shape index (κ3) is 6.02. The maximum Gasteiger partial charge on any atom is 0.233 e. The van der Waals surface area contributed by atoms with E-state index >= 15 is 0 Å². The van der Waals surface area contributed by atoms with Gasteiger partial charge in [0.25, 0.3) is 0 Å². The zero-order chi connectivity index (χ0) is 16.8. The van der Waals surface area contributed by atoms with E-state index in [9.17, 15) is 4.79 Å². The number of aryl methyl sites for hydroxylation is 1. The molecule has 0 radical (unpaired) electrons. The Bertz CT molecular complexity index is 547. The smallest absolute Gasteiger partial charge is 0.233 e. The summed E-state index contributed by atoms with van der Waals surface area (Å²) in [5.74, 6) is 0.619. The third-order valence-electron chi connectivity index (χ3n) is 3.68. The first-order valence-corrected chi connectivity index (χ1v) is 9.98. The van der Waals surface area contributed by atoms with Crippen LogP contribution in [-0.4, -0.2) is 75.9 Å². The lowest BCUT2D eigenvalue weighted by molar-refractivity contribution is -0.128. The molecular weight excluding hydrogens is 348 g/mol. The van der Waals surface area contributed by atoms with Crippen molar-refractivity contribution < 1.29 is 4.79 Å². The van der Waals surface area contributed by atoms with Crippen molar-refractivity contribution in [3.05, 3.63) is 16.1 Å². The fourth-order valence-corrected chi connectivity index (χ4v) is 3.90. The van der Waals surface area contributed by atoms with E-state index in [4.69, 9.17) is 12.2 Å². The Morgan fingerprint density at radius 1 is 1.39 bits per heavy atom. The lowest BCUT2D eigenvalue weighted by atomic mass is 10.3. The van der Waals surface area contributed by atoms with Crippen molar-refractivity contribution in [1.82, 2.24) is 19.7 Å². The highest BCUT2D eigenvalue weighted by atomic mass is 32.2. The van der Waals surface area contributed by atoms with Gasteiger partial charge in [-0.05, 0) is 13.3 Å². The second-order valence-electron chi connectivity index (χ2n) is 5.82. The molecule has 0 N–H and O–H groups in total. The Hall–Kier alpha value is -0.700. The minimum Gasteiger partial charge on any atom is -0.364 e. The highest BCUT2D eigenvalue weighted by Crippen LogP contribution is 2.14. The number of carbonyl (C=O) groups excluding carboxylic acids is 1. The van der Waals surface area contributed by atoms with E-state index in [-0.39, 0.29) is 5.91 Å². The molecule has 0 aromatic carbocycles. The summed E-state index contributed by atoms with van der Waals surface area (Å²) in [6.45, 7) is 6.46. The van der Waals surface area contributed by atoms with E-state index in [1.54, 1.807) is 11.3 Å². The van der Waals surface area contributed by atoms with Gasteiger partial charge in [-0.1, -0.05) is 24.0 Å². The summed E-state index contributed by atoms with van der Waals surface area (Å²) in [4.78, 5) is 23.1. The van der Waals surface area contributed by atoms with E-state index in [1.807, 2.05) is 30.8 Å². The number of thiocarbonyl (C=S) groups is 1. The van der Waals surface area contributed by atoms with Crippen LogP contribution in [0.25, 0.3) is 0 Å². The maximum atomic E-state index is 12.3. The number of nitrogens with zero attached hydrogens (tertiary/aromatic N) is 4. The van der Waals surface area contributed by atoms with Gasteiger partial charge in [-0.2, -0.15) is 0 Å². The van der Waals surface area contributed by atoms with E-state index in [0.29, 0.717) is 5.75 Å². The Kier molecular flexibility index (Phi) is 7.26. The van der Waals surface area contributed by atoms with Crippen LogP contribution in [0, 0.1) is 6.92 Å². The fraction of sp³-hybridized carbons (Fsp3) is 0.667. The summed E-state index contributed by atoms with van der Waals surface area (Å²) in [6.07, 6.45) is 1.01. The Labute approximate surface area is 152 Å². The predicted octanol–water partition coefficient (Wildman–Crippen LogP) is 2.07. The van der Waals surface area contributed by atoms with Crippen LogP contribution in [-0.2, 0) is 11.3 Å². The van der Waals surface area contributed by atoms with Crippen LogP contribution in [0.3, 0.4) is 0 Å². The van der Waals surface area contributed by atoms with Crippen LogP contribution in [0.15, 0.2) is 5.38 Å². The van der Waals surface area contributed by atoms with E-state index in [1.165, 1.54) is 11.8 Å². The summed E-state index contributed by atoms with van der Waals surface area (Å²) in [5.41, 5.74) is 1.14. The minimum absolute atomic E-state index is 0.186. The van der Waals surface area contributed by atoms with Gasteiger partial charge in [-0.15, -0.1) is 11.3 Å². The molecule has 1 aliphatic rings. The van der Waals surface area contributed by atoms with Crippen molar-refractivity contribution in [3.63, 3.8) is 0 Å².